The summed E-state index contributed by atoms with van der Waals surface area (Å²) >= 11 is -2.65. The van der Waals surface area contributed by atoms with E-state index in [2.05, 4.69) is 0 Å². The summed E-state index contributed by atoms with van der Waals surface area (Å²) in [6, 6.07) is 0. The molecule has 0 spiro atoms. The van der Waals surface area contributed by atoms with Crippen LogP contribution in [0.15, 0.2) is 23.4 Å². The summed E-state index contributed by atoms with van der Waals surface area (Å²) in [5.41, 5.74) is -0.355. The van der Waals surface area contributed by atoms with Gasteiger partial charge in [0, 0.05) is 35.7 Å². The maximum Gasteiger partial charge on any atom is 0.303 e. The highest BCUT2D eigenvalue weighted by molar-refractivity contribution is 7.76. The number of rotatable bonds is 5. The Hall–Kier alpha value is -1.28. The summed E-state index contributed by atoms with van der Waals surface area (Å²) < 4.78 is 52.3. The second-order valence-corrected chi connectivity index (χ2v) is 5.64. The molecule has 5 nitrogen and oxygen atoms in total. The van der Waals surface area contributed by atoms with Crippen molar-refractivity contribution >= 4 is 17.2 Å². The van der Waals surface area contributed by atoms with Crippen molar-refractivity contribution in [3.05, 3.63) is 23.4 Å². The van der Waals surface area contributed by atoms with E-state index in [1.165, 1.54) is 26.0 Å². The number of hydrogen-bond donors (Lipinski definition) is 1. The summed E-state index contributed by atoms with van der Waals surface area (Å²) in [6.07, 6.45) is 2.36. The third kappa shape index (κ3) is 3.88. The predicted molar refractivity (Wildman–Crippen MR) is 73.1 cm³/mol. The van der Waals surface area contributed by atoms with Crippen molar-refractivity contribution in [3.63, 3.8) is 0 Å². The molecule has 0 amide bonds. The maximum atomic E-state index is 14.4. The summed E-state index contributed by atoms with van der Waals surface area (Å²) in [6.45, 7) is 2.58. The maximum absolute atomic E-state index is 14.4. The molecule has 1 N–H and O–H groups in total. The van der Waals surface area contributed by atoms with Gasteiger partial charge in [0.05, 0.1) is 5.70 Å². The monoisotopic (exact) mass is 322 g/mol. The van der Waals surface area contributed by atoms with E-state index in [0.717, 1.165) is 4.31 Å². The predicted octanol–water partition coefficient (Wildman–Crippen LogP) is 2.45. The second kappa shape index (κ2) is 7.13. The number of hydrogen-bond acceptors (Lipinski definition) is 3. The van der Waals surface area contributed by atoms with Gasteiger partial charge in [-0.3, -0.25) is 9.00 Å². The second-order valence-electron chi connectivity index (χ2n) is 4.76. The quantitative estimate of drug-likeness (QED) is 0.788. The van der Waals surface area contributed by atoms with Crippen LogP contribution >= 0.6 is 0 Å². The minimum absolute atomic E-state index is 0.0229. The first-order chi connectivity index (χ1) is 9.75. The molecule has 1 unspecified atom stereocenters. The molecule has 1 saturated heterocycles. The highest BCUT2D eigenvalue weighted by atomic mass is 32.2. The first kappa shape index (κ1) is 17.8. The van der Waals surface area contributed by atoms with Crippen LogP contribution in [0.1, 0.15) is 33.1 Å². The molecule has 120 valence electrons. The minimum Gasteiger partial charge on any atom is -0.755 e. The number of halogens is 2. The third-order valence-corrected chi connectivity index (χ3v) is 4.19. The molecule has 8 heteroatoms. The van der Waals surface area contributed by atoms with E-state index >= 15 is 0 Å². The zero-order chi connectivity index (χ0) is 16.2. The third-order valence-electron chi connectivity index (χ3n) is 3.49. The SMILES string of the molecule is CC=C1/C(=C\C)C(F)(F)[C@@H](CCCC(=O)O)CN1S(=O)[O-]. The van der Waals surface area contributed by atoms with Crippen LogP contribution in [0, 0.1) is 5.92 Å². The number of carboxylic acids is 1. The summed E-state index contributed by atoms with van der Waals surface area (Å²) in [5.74, 6) is -5.46. The Morgan fingerprint density at radius 2 is 2.14 bits per heavy atom. The Labute approximate surface area is 124 Å². The number of nitrogens with zero attached hydrogens (tertiary/aromatic N) is 1. The molecule has 0 aromatic rings. The normalized spacial score (nSPS) is 27.1. The van der Waals surface area contributed by atoms with E-state index in [0.29, 0.717) is 0 Å². The molecular formula is C13H18F2NO4S-. The fourth-order valence-electron chi connectivity index (χ4n) is 2.49. The van der Waals surface area contributed by atoms with Crippen LogP contribution in [0.4, 0.5) is 8.78 Å². The van der Waals surface area contributed by atoms with Gasteiger partial charge in [-0.2, -0.15) is 0 Å². The molecule has 0 radical (unpaired) electrons. The van der Waals surface area contributed by atoms with Crippen molar-refractivity contribution in [2.75, 3.05) is 6.54 Å². The zero-order valence-corrected chi connectivity index (χ0v) is 12.7. The number of piperidine rings is 1. The van der Waals surface area contributed by atoms with Crippen molar-refractivity contribution in [3.8, 4) is 0 Å². The van der Waals surface area contributed by atoms with E-state index in [-0.39, 0.29) is 37.1 Å². The molecule has 1 aliphatic heterocycles. The van der Waals surface area contributed by atoms with Gasteiger partial charge >= 0.3 is 5.97 Å². The zero-order valence-electron chi connectivity index (χ0n) is 11.8. The van der Waals surface area contributed by atoms with Gasteiger partial charge in [-0.25, -0.2) is 8.78 Å². The van der Waals surface area contributed by atoms with E-state index in [1.807, 2.05) is 0 Å². The number of carboxylic acid groups (broad SMARTS) is 1. The van der Waals surface area contributed by atoms with Crippen LogP contribution in [0.3, 0.4) is 0 Å². The van der Waals surface area contributed by atoms with E-state index in [1.54, 1.807) is 0 Å². The largest absolute Gasteiger partial charge is 0.755 e. The Kier molecular flexibility index (Phi) is 6.03. The number of allylic oxidation sites excluding steroid dienone is 3. The molecule has 0 saturated carbocycles. The van der Waals surface area contributed by atoms with Gasteiger partial charge in [0.25, 0.3) is 5.92 Å². The molecule has 21 heavy (non-hydrogen) atoms. The molecule has 1 rings (SSSR count). The molecule has 0 bridgehead atoms. The van der Waals surface area contributed by atoms with E-state index < -0.39 is 29.1 Å². The van der Waals surface area contributed by atoms with Gasteiger partial charge in [0.15, 0.2) is 0 Å². The summed E-state index contributed by atoms with van der Waals surface area (Å²) in [7, 11) is 0. The lowest BCUT2D eigenvalue weighted by atomic mass is 9.84. The van der Waals surface area contributed by atoms with Crippen molar-refractivity contribution in [1.82, 2.24) is 4.31 Å². The molecule has 1 aliphatic rings. The standard InChI is InChI=1S/C13H19F2NO4S/c1-3-10-11(4-2)16(21(19)20)8-9(13(10,14)15)6-5-7-12(17)18/h3-4,9H,5-8H2,1-2H3,(H,17,18)(H,19,20)/p-1/b10-3+,11-4?/t9-/m0/s1. The van der Waals surface area contributed by atoms with Gasteiger partial charge in [-0.1, -0.05) is 12.2 Å². The van der Waals surface area contributed by atoms with Crippen LogP contribution in [-0.4, -0.2) is 36.6 Å². The van der Waals surface area contributed by atoms with E-state index in [9.17, 15) is 22.3 Å². The first-order valence-electron chi connectivity index (χ1n) is 6.55. The van der Waals surface area contributed by atoms with Crippen molar-refractivity contribution in [2.45, 2.75) is 39.0 Å². The van der Waals surface area contributed by atoms with Crippen molar-refractivity contribution < 1.29 is 27.4 Å². The summed E-state index contributed by atoms with van der Waals surface area (Å²) in [5, 5.41) is 8.57. The number of carbonyl (C=O) groups is 1. The molecule has 0 aliphatic carbocycles. The molecule has 0 aromatic heterocycles. The Morgan fingerprint density at radius 3 is 2.57 bits per heavy atom. The lowest BCUT2D eigenvalue weighted by Crippen LogP contribution is -2.48. The first-order valence-corrected chi connectivity index (χ1v) is 7.58. The van der Waals surface area contributed by atoms with Gasteiger partial charge in [0.1, 0.15) is 0 Å². The Balaban J connectivity index is 3.04. The molecule has 1 heterocycles. The highest BCUT2D eigenvalue weighted by Crippen LogP contribution is 2.45. The number of alkyl halides is 2. The van der Waals surface area contributed by atoms with Gasteiger partial charge in [0.2, 0.25) is 0 Å². The smallest absolute Gasteiger partial charge is 0.303 e. The highest BCUT2D eigenvalue weighted by Gasteiger charge is 2.49. The van der Waals surface area contributed by atoms with Crippen molar-refractivity contribution in [2.24, 2.45) is 5.92 Å². The van der Waals surface area contributed by atoms with Crippen LogP contribution in [-0.2, 0) is 16.1 Å². The van der Waals surface area contributed by atoms with Gasteiger partial charge < -0.3 is 14.0 Å². The van der Waals surface area contributed by atoms with Crippen LogP contribution in [0.2, 0.25) is 0 Å². The van der Waals surface area contributed by atoms with Crippen molar-refractivity contribution in [1.29, 1.82) is 0 Å². The fourth-order valence-corrected chi connectivity index (χ4v) is 3.16. The lowest BCUT2D eigenvalue weighted by Gasteiger charge is -2.43. The molecular weight excluding hydrogens is 304 g/mol. The Morgan fingerprint density at radius 1 is 1.52 bits per heavy atom. The van der Waals surface area contributed by atoms with Crippen LogP contribution in [0.5, 0.6) is 0 Å². The van der Waals surface area contributed by atoms with Gasteiger partial charge in [-0.05, 0) is 26.7 Å². The molecule has 1 fully saturated rings. The lowest BCUT2D eigenvalue weighted by molar-refractivity contribution is -0.137. The molecule has 2 atom stereocenters. The van der Waals surface area contributed by atoms with Crippen LogP contribution in [0.25, 0.3) is 0 Å². The fraction of sp³-hybridized carbons (Fsp3) is 0.615. The Bertz CT molecular complexity index is 491. The van der Waals surface area contributed by atoms with E-state index in [4.69, 9.17) is 5.11 Å². The average molecular weight is 322 g/mol. The number of aliphatic carboxylic acids is 1. The average Bonchev–Trinajstić information content (AvgIpc) is 2.38. The topological polar surface area (TPSA) is 80.7 Å². The minimum atomic E-state index is -3.18. The summed E-state index contributed by atoms with van der Waals surface area (Å²) in [4.78, 5) is 10.5. The van der Waals surface area contributed by atoms with Crippen LogP contribution < -0.4 is 0 Å². The molecule has 0 aromatic carbocycles. The van der Waals surface area contributed by atoms with Gasteiger partial charge in [-0.15, -0.1) is 0 Å².